The summed E-state index contributed by atoms with van der Waals surface area (Å²) in [5.41, 5.74) is 4.09. The largest absolute Gasteiger partial charge is 0.390 e. The fourth-order valence-electron chi connectivity index (χ4n) is 3.31. The SMILES string of the molecule is Cc1ccc(-n2nccn2)c(C(=O)NC2c3ccccc3CC2O)c1. The Labute approximate surface area is 145 Å². The van der Waals surface area contributed by atoms with Gasteiger partial charge in [0.15, 0.2) is 0 Å². The highest BCUT2D eigenvalue weighted by molar-refractivity contribution is 5.98. The van der Waals surface area contributed by atoms with Crippen LogP contribution in [0.4, 0.5) is 0 Å². The van der Waals surface area contributed by atoms with E-state index in [0.717, 1.165) is 16.7 Å². The highest BCUT2D eigenvalue weighted by atomic mass is 16.3. The molecule has 1 aromatic heterocycles. The maximum atomic E-state index is 12.9. The van der Waals surface area contributed by atoms with Crippen LogP contribution in [0.5, 0.6) is 0 Å². The Bertz CT molecular complexity index is 921. The first-order chi connectivity index (χ1) is 12.1. The van der Waals surface area contributed by atoms with E-state index in [1.54, 1.807) is 18.5 Å². The molecule has 25 heavy (non-hydrogen) atoms. The molecule has 6 heteroatoms. The number of nitrogens with one attached hydrogen (secondary N) is 1. The van der Waals surface area contributed by atoms with E-state index in [4.69, 9.17) is 0 Å². The zero-order chi connectivity index (χ0) is 17.4. The lowest BCUT2D eigenvalue weighted by Crippen LogP contribution is -2.34. The molecule has 0 spiro atoms. The van der Waals surface area contributed by atoms with Crippen LogP contribution >= 0.6 is 0 Å². The Morgan fingerprint density at radius 3 is 2.76 bits per heavy atom. The third-order valence-corrected chi connectivity index (χ3v) is 4.52. The molecule has 0 saturated heterocycles. The summed E-state index contributed by atoms with van der Waals surface area (Å²) in [5.74, 6) is -0.253. The van der Waals surface area contributed by atoms with Crippen molar-refractivity contribution in [3.05, 3.63) is 77.1 Å². The zero-order valence-corrected chi connectivity index (χ0v) is 13.8. The van der Waals surface area contributed by atoms with E-state index < -0.39 is 12.1 Å². The van der Waals surface area contributed by atoms with Crippen LogP contribution in [-0.2, 0) is 6.42 Å². The van der Waals surface area contributed by atoms with Gasteiger partial charge in [-0.05, 0) is 30.2 Å². The lowest BCUT2D eigenvalue weighted by atomic mass is 10.1. The van der Waals surface area contributed by atoms with Gasteiger partial charge in [0.25, 0.3) is 5.91 Å². The zero-order valence-electron chi connectivity index (χ0n) is 13.8. The van der Waals surface area contributed by atoms with Gasteiger partial charge in [-0.15, -0.1) is 0 Å². The summed E-state index contributed by atoms with van der Waals surface area (Å²) >= 11 is 0. The van der Waals surface area contributed by atoms with Gasteiger partial charge < -0.3 is 10.4 Å². The molecule has 1 amide bonds. The highest BCUT2D eigenvalue weighted by Crippen LogP contribution is 2.31. The van der Waals surface area contributed by atoms with Crippen molar-refractivity contribution in [3.8, 4) is 5.69 Å². The first-order valence-corrected chi connectivity index (χ1v) is 8.17. The van der Waals surface area contributed by atoms with E-state index in [9.17, 15) is 9.90 Å². The fourth-order valence-corrected chi connectivity index (χ4v) is 3.31. The molecule has 0 bridgehead atoms. The minimum atomic E-state index is -0.627. The Morgan fingerprint density at radius 2 is 1.96 bits per heavy atom. The normalized spacial score (nSPS) is 18.8. The first-order valence-electron chi connectivity index (χ1n) is 8.17. The van der Waals surface area contributed by atoms with Crippen LogP contribution < -0.4 is 5.32 Å². The molecule has 1 heterocycles. The number of amides is 1. The van der Waals surface area contributed by atoms with Gasteiger partial charge in [0.2, 0.25) is 0 Å². The molecular formula is C19H18N4O2. The van der Waals surface area contributed by atoms with Gasteiger partial charge in [-0.1, -0.05) is 35.9 Å². The molecule has 2 aromatic carbocycles. The summed E-state index contributed by atoms with van der Waals surface area (Å²) < 4.78 is 0. The number of aromatic nitrogens is 3. The summed E-state index contributed by atoms with van der Waals surface area (Å²) in [5, 5.41) is 21.6. The van der Waals surface area contributed by atoms with Crippen molar-refractivity contribution in [1.82, 2.24) is 20.3 Å². The third kappa shape index (κ3) is 2.81. The van der Waals surface area contributed by atoms with Crippen molar-refractivity contribution in [2.75, 3.05) is 0 Å². The summed E-state index contributed by atoms with van der Waals surface area (Å²) in [6, 6.07) is 12.9. The summed E-state index contributed by atoms with van der Waals surface area (Å²) in [6.45, 7) is 1.93. The Kier molecular flexibility index (Phi) is 3.82. The number of carbonyl (C=O) groups excluding carboxylic acids is 1. The van der Waals surface area contributed by atoms with Crippen molar-refractivity contribution in [2.45, 2.75) is 25.5 Å². The van der Waals surface area contributed by atoms with E-state index in [1.165, 1.54) is 4.80 Å². The van der Waals surface area contributed by atoms with Crippen molar-refractivity contribution in [1.29, 1.82) is 0 Å². The molecule has 2 N–H and O–H groups in total. The number of benzene rings is 2. The van der Waals surface area contributed by atoms with Crippen molar-refractivity contribution in [2.24, 2.45) is 0 Å². The summed E-state index contributed by atoms with van der Waals surface area (Å²) in [4.78, 5) is 14.4. The number of rotatable bonds is 3. The average molecular weight is 334 g/mol. The maximum Gasteiger partial charge on any atom is 0.254 e. The number of hydrogen-bond acceptors (Lipinski definition) is 4. The van der Waals surface area contributed by atoms with Crippen molar-refractivity contribution < 1.29 is 9.90 Å². The summed E-state index contributed by atoms with van der Waals surface area (Å²) in [6.07, 6.45) is 3.05. The molecule has 0 fully saturated rings. The number of aliphatic hydroxyl groups excluding tert-OH is 1. The molecule has 0 aliphatic heterocycles. The highest BCUT2D eigenvalue weighted by Gasteiger charge is 2.32. The lowest BCUT2D eigenvalue weighted by molar-refractivity contribution is 0.0858. The molecule has 1 aliphatic carbocycles. The van der Waals surface area contributed by atoms with E-state index in [-0.39, 0.29) is 5.91 Å². The second kappa shape index (κ2) is 6.14. The monoisotopic (exact) mass is 334 g/mol. The van der Waals surface area contributed by atoms with Gasteiger partial charge >= 0.3 is 0 Å². The van der Waals surface area contributed by atoms with Gasteiger partial charge in [0, 0.05) is 6.42 Å². The number of aliphatic hydroxyl groups is 1. The molecule has 0 saturated carbocycles. The molecule has 2 unspecified atom stereocenters. The Balaban J connectivity index is 1.67. The minimum Gasteiger partial charge on any atom is -0.390 e. The lowest BCUT2D eigenvalue weighted by Gasteiger charge is -2.19. The number of aryl methyl sites for hydroxylation is 1. The number of fused-ring (bicyclic) bond motifs is 1. The second-order valence-electron chi connectivity index (χ2n) is 6.26. The van der Waals surface area contributed by atoms with Gasteiger partial charge in [-0.25, -0.2) is 0 Å². The Hall–Kier alpha value is -2.99. The van der Waals surface area contributed by atoms with Crippen LogP contribution in [0.15, 0.2) is 54.9 Å². The van der Waals surface area contributed by atoms with Crippen LogP contribution in [0.25, 0.3) is 5.69 Å². The van der Waals surface area contributed by atoms with Crippen LogP contribution in [0.1, 0.15) is 33.1 Å². The number of nitrogens with zero attached hydrogens (tertiary/aromatic N) is 3. The van der Waals surface area contributed by atoms with Crippen molar-refractivity contribution in [3.63, 3.8) is 0 Å². The smallest absolute Gasteiger partial charge is 0.254 e. The molecule has 126 valence electrons. The molecular weight excluding hydrogens is 316 g/mol. The fraction of sp³-hybridized carbons (Fsp3) is 0.211. The van der Waals surface area contributed by atoms with Gasteiger partial charge in [0.1, 0.15) is 0 Å². The molecule has 4 rings (SSSR count). The van der Waals surface area contributed by atoms with Crippen LogP contribution in [0, 0.1) is 6.92 Å². The van der Waals surface area contributed by atoms with Crippen LogP contribution in [-0.4, -0.2) is 32.1 Å². The predicted molar refractivity (Wildman–Crippen MR) is 92.5 cm³/mol. The molecule has 1 aliphatic rings. The van der Waals surface area contributed by atoms with E-state index >= 15 is 0 Å². The predicted octanol–water partition coefficient (Wildman–Crippen LogP) is 1.96. The van der Waals surface area contributed by atoms with Crippen LogP contribution in [0.2, 0.25) is 0 Å². The average Bonchev–Trinajstić information content (AvgIpc) is 3.24. The second-order valence-corrected chi connectivity index (χ2v) is 6.26. The van der Waals surface area contributed by atoms with E-state index in [0.29, 0.717) is 17.7 Å². The molecule has 2 atom stereocenters. The standard InChI is InChI=1S/C19H18N4O2/c1-12-6-7-16(23-20-8-9-21-23)15(10-12)19(25)22-18-14-5-3-2-4-13(14)11-17(18)24/h2-10,17-18,24H,11H2,1H3,(H,22,25). The number of carbonyl (C=O) groups is 1. The summed E-state index contributed by atoms with van der Waals surface area (Å²) in [7, 11) is 0. The van der Waals surface area contributed by atoms with Gasteiger partial charge in [-0.2, -0.15) is 15.0 Å². The van der Waals surface area contributed by atoms with E-state index in [2.05, 4.69) is 15.5 Å². The third-order valence-electron chi connectivity index (χ3n) is 4.52. The number of hydrogen-bond donors (Lipinski definition) is 2. The minimum absolute atomic E-state index is 0.253. The van der Waals surface area contributed by atoms with Crippen molar-refractivity contribution >= 4 is 5.91 Å². The molecule has 3 aromatic rings. The topological polar surface area (TPSA) is 80.0 Å². The molecule has 6 nitrogen and oxygen atoms in total. The maximum absolute atomic E-state index is 12.9. The van der Waals surface area contributed by atoms with E-state index in [1.807, 2.05) is 43.3 Å². The van der Waals surface area contributed by atoms with Gasteiger partial charge in [0.05, 0.1) is 35.8 Å². The Morgan fingerprint density at radius 1 is 1.20 bits per heavy atom. The molecule has 0 radical (unpaired) electrons. The van der Waals surface area contributed by atoms with Crippen LogP contribution in [0.3, 0.4) is 0 Å². The quantitative estimate of drug-likeness (QED) is 0.767. The first kappa shape index (κ1) is 15.5. The van der Waals surface area contributed by atoms with Gasteiger partial charge in [-0.3, -0.25) is 4.79 Å².